The van der Waals surface area contributed by atoms with Crippen LogP contribution in [0.2, 0.25) is 0 Å². The summed E-state index contributed by atoms with van der Waals surface area (Å²) in [5, 5.41) is 0. The Bertz CT molecular complexity index is 851. The van der Waals surface area contributed by atoms with Crippen LogP contribution in [-0.4, -0.2) is 63.2 Å². The zero-order valence-electron chi connectivity index (χ0n) is 17.1. The lowest BCUT2D eigenvalue weighted by atomic mass is 10.1. The molecular formula is C22H27FN2O4. The number of piperazine rings is 1. The van der Waals surface area contributed by atoms with E-state index in [1.54, 1.807) is 26.4 Å². The van der Waals surface area contributed by atoms with Crippen molar-refractivity contribution in [2.45, 2.75) is 13.0 Å². The molecule has 0 bridgehead atoms. The van der Waals surface area contributed by atoms with Gasteiger partial charge in [-0.05, 0) is 35.9 Å². The summed E-state index contributed by atoms with van der Waals surface area (Å²) in [6.45, 7) is 3.55. The molecule has 0 unspecified atom stereocenters. The van der Waals surface area contributed by atoms with Gasteiger partial charge in [-0.25, -0.2) is 4.39 Å². The predicted molar refractivity (Wildman–Crippen MR) is 108 cm³/mol. The number of halogens is 1. The lowest BCUT2D eigenvalue weighted by Gasteiger charge is -2.35. The minimum absolute atomic E-state index is 0.00757. The highest BCUT2D eigenvalue weighted by Gasteiger charge is 2.22. The van der Waals surface area contributed by atoms with Gasteiger partial charge in [0.15, 0.2) is 11.6 Å². The van der Waals surface area contributed by atoms with Crippen LogP contribution in [0, 0.1) is 5.82 Å². The Balaban J connectivity index is 1.55. The van der Waals surface area contributed by atoms with Crippen molar-refractivity contribution in [3.63, 3.8) is 0 Å². The largest absolute Gasteiger partial charge is 0.497 e. The van der Waals surface area contributed by atoms with Crippen molar-refractivity contribution >= 4 is 5.91 Å². The molecule has 0 spiro atoms. The highest BCUT2D eigenvalue weighted by molar-refractivity contribution is 5.79. The number of nitrogens with zero attached hydrogens (tertiary/aromatic N) is 2. The molecule has 0 aromatic heterocycles. The smallest absolute Gasteiger partial charge is 0.227 e. The summed E-state index contributed by atoms with van der Waals surface area (Å²) in [4.78, 5) is 16.7. The maximum absolute atomic E-state index is 13.8. The molecule has 1 saturated heterocycles. The van der Waals surface area contributed by atoms with E-state index in [4.69, 9.17) is 14.2 Å². The number of ether oxygens (including phenoxy) is 3. The summed E-state index contributed by atoms with van der Waals surface area (Å²) in [6, 6.07) is 10.4. The number of hydrogen-bond donors (Lipinski definition) is 0. The van der Waals surface area contributed by atoms with Crippen molar-refractivity contribution in [2.24, 2.45) is 0 Å². The first-order valence-corrected chi connectivity index (χ1v) is 9.57. The van der Waals surface area contributed by atoms with Crippen LogP contribution in [0.4, 0.5) is 4.39 Å². The van der Waals surface area contributed by atoms with Gasteiger partial charge in [-0.1, -0.05) is 6.07 Å². The third-order valence-electron chi connectivity index (χ3n) is 5.18. The molecule has 2 aromatic rings. The second kappa shape index (κ2) is 9.60. The molecule has 7 heteroatoms. The normalized spacial score (nSPS) is 14.6. The molecule has 1 heterocycles. The summed E-state index contributed by atoms with van der Waals surface area (Å²) >= 11 is 0. The first-order valence-electron chi connectivity index (χ1n) is 9.57. The van der Waals surface area contributed by atoms with Crippen molar-refractivity contribution in [3.05, 3.63) is 53.3 Å². The number of rotatable bonds is 7. The fourth-order valence-electron chi connectivity index (χ4n) is 3.51. The number of hydrogen-bond acceptors (Lipinski definition) is 5. The molecule has 0 atom stereocenters. The molecule has 1 aliphatic heterocycles. The standard InChI is InChI=1S/C22H27FN2O4/c1-27-18-5-7-20(28-2)17(14-18)15-24-8-10-25(11-9-24)22(26)13-16-4-6-21(29-3)19(23)12-16/h4-7,12,14H,8-11,13,15H2,1-3H3. The van der Waals surface area contributed by atoms with Crippen molar-refractivity contribution in [2.75, 3.05) is 47.5 Å². The molecule has 29 heavy (non-hydrogen) atoms. The molecular weight excluding hydrogens is 375 g/mol. The fraction of sp³-hybridized carbons (Fsp3) is 0.409. The third-order valence-corrected chi connectivity index (χ3v) is 5.18. The van der Waals surface area contributed by atoms with E-state index in [-0.39, 0.29) is 18.1 Å². The van der Waals surface area contributed by atoms with E-state index in [2.05, 4.69) is 4.90 Å². The minimum atomic E-state index is -0.449. The summed E-state index contributed by atoms with van der Waals surface area (Å²) in [7, 11) is 4.72. The van der Waals surface area contributed by atoms with Crippen LogP contribution in [0.1, 0.15) is 11.1 Å². The summed E-state index contributed by atoms with van der Waals surface area (Å²) in [5.74, 6) is 1.36. The second-order valence-electron chi connectivity index (χ2n) is 6.98. The maximum Gasteiger partial charge on any atom is 0.227 e. The molecule has 156 valence electrons. The van der Waals surface area contributed by atoms with Crippen LogP contribution >= 0.6 is 0 Å². The van der Waals surface area contributed by atoms with Gasteiger partial charge in [0.1, 0.15) is 11.5 Å². The van der Waals surface area contributed by atoms with Gasteiger partial charge in [0, 0.05) is 38.3 Å². The molecule has 2 aromatic carbocycles. The van der Waals surface area contributed by atoms with E-state index in [0.717, 1.165) is 36.7 Å². The van der Waals surface area contributed by atoms with Crippen molar-refractivity contribution in [3.8, 4) is 17.2 Å². The number of benzene rings is 2. The van der Waals surface area contributed by atoms with E-state index in [1.165, 1.54) is 13.2 Å². The Morgan fingerprint density at radius 3 is 2.24 bits per heavy atom. The molecule has 1 amide bonds. The second-order valence-corrected chi connectivity index (χ2v) is 6.98. The SMILES string of the molecule is COc1ccc(OC)c(CN2CCN(C(=O)Cc3ccc(OC)c(F)c3)CC2)c1. The molecule has 0 radical (unpaired) electrons. The molecule has 1 aliphatic rings. The summed E-state index contributed by atoms with van der Waals surface area (Å²) < 4.78 is 29.5. The quantitative estimate of drug-likeness (QED) is 0.713. The Morgan fingerprint density at radius 1 is 0.931 bits per heavy atom. The zero-order valence-corrected chi connectivity index (χ0v) is 17.1. The molecule has 3 rings (SSSR count). The van der Waals surface area contributed by atoms with E-state index >= 15 is 0 Å². The van der Waals surface area contributed by atoms with Crippen LogP contribution in [0.5, 0.6) is 17.2 Å². The van der Waals surface area contributed by atoms with E-state index < -0.39 is 5.82 Å². The van der Waals surface area contributed by atoms with E-state index in [0.29, 0.717) is 18.7 Å². The van der Waals surface area contributed by atoms with Gasteiger partial charge in [-0.2, -0.15) is 0 Å². The molecule has 6 nitrogen and oxygen atoms in total. The third kappa shape index (κ3) is 5.17. The Kier molecular flexibility index (Phi) is 6.93. The van der Waals surface area contributed by atoms with Crippen molar-refractivity contribution in [1.29, 1.82) is 0 Å². The number of amides is 1. The Labute approximate surface area is 170 Å². The average Bonchev–Trinajstić information content (AvgIpc) is 2.74. The highest BCUT2D eigenvalue weighted by atomic mass is 19.1. The number of carbonyl (C=O) groups excluding carboxylic acids is 1. The maximum atomic E-state index is 13.8. The monoisotopic (exact) mass is 402 g/mol. The van der Waals surface area contributed by atoms with Crippen LogP contribution < -0.4 is 14.2 Å². The van der Waals surface area contributed by atoms with Crippen molar-refractivity contribution in [1.82, 2.24) is 9.80 Å². The average molecular weight is 402 g/mol. The first-order chi connectivity index (χ1) is 14.0. The summed E-state index contributed by atoms with van der Waals surface area (Å²) in [6.07, 6.45) is 0.185. The molecule has 0 saturated carbocycles. The van der Waals surface area contributed by atoms with E-state index in [1.807, 2.05) is 23.1 Å². The van der Waals surface area contributed by atoms with Gasteiger partial charge in [-0.3, -0.25) is 9.69 Å². The van der Waals surface area contributed by atoms with Gasteiger partial charge < -0.3 is 19.1 Å². The van der Waals surface area contributed by atoms with Gasteiger partial charge in [0.25, 0.3) is 0 Å². The van der Waals surface area contributed by atoms with Crippen LogP contribution in [0.15, 0.2) is 36.4 Å². The number of methoxy groups -OCH3 is 3. The van der Waals surface area contributed by atoms with Crippen LogP contribution in [0.25, 0.3) is 0 Å². The minimum Gasteiger partial charge on any atom is -0.497 e. The topological polar surface area (TPSA) is 51.2 Å². The number of carbonyl (C=O) groups is 1. The molecule has 1 fully saturated rings. The molecule has 0 N–H and O–H groups in total. The van der Waals surface area contributed by atoms with Crippen molar-refractivity contribution < 1.29 is 23.4 Å². The lowest BCUT2D eigenvalue weighted by molar-refractivity contribution is -0.132. The predicted octanol–water partition coefficient (Wildman–Crippen LogP) is 2.74. The van der Waals surface area contributed by atoms with Gasteiger partial charge in [0.05, 0.1) is 27.8 Å². The first kappa shape index (κ1) is 20.9. The molecule has 0 aliphatic carbocycles. The van der Waals surface area contributed by atoms with Gasteiger partial charge >= 0.3 is 0 Å². The van der Waals surface area contributed by atoms with Gasteiger partial charge in [0.2, 0.25) is 5.91 Å². The Hall–Kier alpha value is -2.80. The Morgan fingerprint density at radius 2 is 1.62 bits per heavy atom. The van der Waals surface area contributed by atoms with Crippen LogP contribution in [-0.2, 0) is 17.8 Å². The summed E-state index contributed by atoms with van der Waals surface area (Å²) in [5.41, 5.74) is 1.71. The lowest BCUT2D eigenvalue weighted by Crippen LogP contribution is -2.48. The zero-order chi connectivity index (χ0) is 20.8. The fourth-order valence-corrected chi connectivity index (χ4v) is 3.51. The highest BCUT2D eigenvalue weighted by Crippen LogP contribution is 2.26. The van der Waals surface area contributed by atoms with E-state index in [9.17, 15) is 9.18 Å². The van der Waals surface area contributed by atoms with Crippen LogP contribution in [0.3, 0.4) is 0 Å². The van der Waals surface area contributed by atoms with Gasteiger partial charge in [-0.15, -0.1) is 0 Å².